The summed E-state index contributed by atoms with van der Waals surface area (Å²) in [6.07, 6.45) is 5.06. The molecule has 9 heteroatoms. The van der Waals surface area contributed by atoms with Gasteiger partial charge in [0.25, 0.3) is 0 Å². The van der Waals surface area contributed by atoms with Gasteiger partial charge in [-0.25, -0.2) is 19.3 Å². The maximum Gasteiger partial charge on any atom is 0.228 e. The average Bonchev–Trinajstić information content (AvgIpc) is 3.05. The molecule has 0 aliphatic rings. The number of pyridine rings is 1. The lowest BCUT2D eigenvalue weighted by Crippen LogP contribution is -1.98. The summed E-state index contributed by atoms with van der Waals surface area (Å²) in [7, 11) is 1.55. The number of nitrogens with one attached hydrogen (secondary N) is 1. The Kier molecular flexibility index (Phi) is 4.98. The topological polar surface area (TPSA) is 90.4 Å². The number of aromatic nitrogens is 4. The standard InChI is InChI=1S/C20H19FN6OS/c1-11-9-15(20(28-3)24-10-11)29-26-14-6-4-5-13(16(14)21)17-18-19(22)23-7-8-27(18)12(2)25-17/h4-10,26H,1-3H3,(H2,22,23). The Hall–Kier alpha value is -3.33. The maximum atomic E-state index is 15.4. The fourth-order valence-corrected chi connectivity index (χ4v) is 3.91. The van der Waals surface area contributed by atoms with Gasteiger partial charge in [0, 0.05) is 24.2 Å². The lowest BCUT2D eigenvalue weighted by molar-refractivity contribution is 0.387. The Morgan fingerprint density at radius 3 is 2.86 bits per heavy atom. The van der Waals surface area contributed by atoms with Crippen molar-refractivity contribution in [1.29, 1.82) is 0 Å². The monoisotopic (exact) mass is 410 g/mol. The second-order valence-electron chi connectivity index (χ2n) is 6.43. The summed E-state index contributed by atoms with van der Waals surface area (Å²) in [5, 5.41) is 0. The predicted octanol–water partition coefficient (Wildman–Crippen LogP) is 4.26. The summed E-state index contributed by atoms with van der Waals surface area (Å²) < 4.78 is 25.5. The highest BCUT2D eigenvalue weighted by atomic mass is 32.2. The molecule has 3 N–H and O–H groups in total. The third-order valence-corrected chi connectivity index (χ3v) is 5.27. The number of hydrogen-bond acceptors (Lipinski definition) is 7. The number of imidazole rings is 1. The molecule has 0 amide bonds. The lowest BCUT2D eigenvalue weighted by Gasteiger charge is -2.11. The van der Waals surface area contributed by atoms with Crippen LogP contribution in [0.25, 0.3) is 16.8 Å². The van der Waals surface area contributed by atoms with Crippen molar-refractivity contribution in [2.75, 3.05) is 17.6 Å². The Bertz CT molecular complexity index is 1210. The van der Waals surface area contributed by atoms with E-state index in [1.165, 1.54) is 11.9 Å². The van der Waals surface area contributed by atoms with Crippen molar-refractivity contribution in [2.45, 2.75) is 18.7 Å². The molecule has 4 aromatic rings. The number of ether oxygens (including phenoxy) is 1. The number of nitrogens with two attached hydrogens (primary N) is 1. The summed E-state index contributed by atoms with van der Waals surface area (Å²) in [6.45, 7) is 3.77. The summed E-state index contributed by atoms with van der Waals surface area (Å²) in [4.78, 5) is 13.6. The largest absolute Gasteiger partial charge is 0.480 e. The average molecular weight is 410 g/mol. The molecule has 0 unspecified atom stereocenters. The first-order valence-corrected chi connectivity index (χ1v) is 9.62. The van der Waals surface area contributed by atoms with Gasteiger partial charge in [0.15, 0.2) is 5.82 Å². The first-order chi connectivity index (χ1) is 14.0. The molecule has 0 radical (unpaired) electrons. The van der Waals surface area contributed by atoms with E-state index in [9.17, 15) is 0 Å². The minimum atomic E-state index is -0.428. The van der Waals surface area contributed by atoms with Crippen molar-refractivity contribution >= 4 is 29.0 Å². The minimum Gasteiger partial charge on any atom is -0.480 e. The quantitative estimate of drug-likeness (QED) is 0.475. The number of aryl methyl sites for hydroxylation is 2. The van der Waals surface area contributed by atoms with Crippen LogP contribution < -0.4 is 15.2 Å². The molecular formula is C20H19FN6OS. The summed E-state index contributed by atoms with van der Waals surface area (Å²) in [5.74, 6) is 1.04. The van der Waals surface area contributed by atoms with Crippen LogP contribution in [0.4, 0.5) is 15.9 Å². The van der Waals surface area contributed by atoms with Gasteiger partial charge in [-0.05, 0) is 49.6 Å². The Labute approximate surface area is 171 Å². The Morgan fingerprint density at radius 1 is 1.24 bits per heavy atom. The zero-order valence-corrected chi connectivity index (χ0v) is 16.9. The first kappa shape index (κ1) is 19.0. The number of nitrogens with zero attached hydrogens (tertiary/aromatic N) is 4. The molecule has 0 aliphatic heterocycles. The molecular weight excluding hydrogens is 391 g/mol. The van der Waals surface area contributed by atoms with Gasteiger partial charge in [-0.1, -0.05) is 6.07 Å². The molecule has 0 fully saturated rings. The van der Waals surface area contributed by atoms with Crippen LogP contribution >= 0.6 is 11.9 Å². The van der Waals surface area contributed by atoms with Gasteiger partial charge in [0.2, 0.25) is 5.88 Å². The minimum absolute atomic E-state index is 0.297. The van der Waals surface area contributed by atoms with Crippen molar-refractivity contribution in [1.82, 2.24) is 19.4 Å². The molecule has 0 bridgehead atoms. The Morgan fingerprint density at radius 2 is 2.07 bits per heavy atom. The number of benzene rings is 1. The van der Waals surface area contributed by atoms with E-state index in [-0.39, 0.29) is 0 Å². The Balaban J connectivity index is 1.72. The second-order valence-corrected chi connectivity index (χ2v) is 7.28. The molecule has 0 atom stereocenters. The maximum absolute atomic E-state index is 15.4. The van der Waals surface area contributed by atoms with Gasteiger partial charge in [-0.15, -0.1) is 0 Å². The molecule has 0 spiro atoms. The van der Waals surface area contributed by atoms with E-state index in [4.69, 9.17) is 10.5 Å². The smallest absolute Gasteiger partial charge is 0.228 e. The summed E-state index contributed by atoms with van der Waals surface area (Å²) in [5.41, 5.74) is 8.71. The van der Waals surface area contributed by atoms with Gasteiger partial charge in [0.1, 0.15) is 22.9 Å². The van der Waals surface area contributed by atoms with E-state index in [0.717, 1.165) is 10.5 Å². The van der Waals surface area contributed by atoms with E-state index in [1.54, 1.807) is 48.3 Å². The molecule has 0 saturated carbocycles. The van der Waals surface area contributed by atoms with Crippen molar-refractivity contribution in [3.05, 3.63) is 60.1 Å². The highest BCUT2D eigenvalue weighted by molar-refractivity contribution is 8.00. The van der Waals surface area contributed by atoms with Crippen LogP contribution in [-0.2, 0) is 0 Å². The van der Waals surface area contributed by atoms with Crippen molar-refractivity contribution in [2.24, 2.45) is 0 Å². The van der Waals surface area contributed by atoms with E-state index in [2.05, 4.69) is 19.7 Å². The van der Waals surface area contributed by atoms with Gasteiger partial charge in [-0.3, -0.25) is 4.40 Å². The fourth-order valence-electron chi connectivity index (χ4n) is 3.06. The van der Waals surface area contributed by atoms with E-state index >= 15 is 4.39 Å². The molecule has 7 nitrogen and oxygen atoms in total. The van der Waals surface area contributed by atoms with E-state index < -0.39 is 5.82 Å². The third-order valence-electron chi connectivity index (χ3n) is 4.43. The molecule has 3 heterocycles. The number of anilines is 2. The normalized spacial score (nSPS) is 11.0. The second kappa shape index (κ2) is 7.59. The molecule has 3 aromatic heterocycles. The zero-order chi connectivity index (χ0) is 20.5. The highest BCUT2D eigenvalue weighted by Gasteiger charge is 2.19. The molecule has 1 aromatic carbocycles. The van der Waals surface area contributed by atoms with Crippen LogP contribution in [0.5, 0.6) is 5.88 Å². The van der Waals surface area contributed by atoms with Crippen LogP contribution in [-0.4, -0.2) is 26.5 Å². The number of hydrogen-bond donors (Lipinski definition) is 2. The van der Waals surface area contributed by atoms with Crippen molar-refractivity contribution in [3.8, 4) is 17.1 Å². The van der Waals surface area contributed by atoms with Crippen LogP contribution in [0.15, 0.2) is 47.8 Å². The van der Waals surface area contributed by atoms with Gasteiger partial charge < -0.3 is 15.2 Å². The van der Waals surface area contributed by atoms with Gasteiger partial charge >= 0.3 is 0 Å². The van der Waals surface area contributed by atoms with Crippen molar-refractivity contribution < 1.29 is 9.13 Å². The predicted molar refractivity (Wildman–Crippen MR) is 113 cm³/mol. The first-order valence-electron chi connectivity index (χ1n) is 8.81. The van der Waals surface area contributed by atoms with Crippen LogP contribution in [0.1, 0.15) is 11.4 Å². The molecule has 148 valence electrons. The number of methoxy groups -OCH3 is 1. The van der Waals surface area contributed by atoms with Crippen LogP contribution in [0.2, 0.25) is 0 Å². The summed E-state index contributed by atoms with van der Waals surface area (Å²) in [6, 6.07) is 7.02. The van der Waals surface area contributed by atoms with E-state index in [1.807, 2.05) is 19.9 Å². The van der Waals surface area contributed by atoms with E-state index in [0.29, 0.717) is 40.0 Å². The van der Waals surface area contributed by atoms with Crippen molar-refractivity contribution in [3.63, 3.8) is 0 Å². The third kappa shape index (κ3) is 3.44. The summed E-state index contributed by atoms with van der Waals surface area (Å²) >= 11 is 1.23. The number of nitrogen functional groups attached to an aromatic ring is 1. The number of halogens is 1. The molecule has 29 heavy (non-hydrogen) atoms. The SMILES string of the molecule is COc1ncc(C)cc1SNc1cccc(-c2nc(C)n3ccnc(N)c23)c1F. The number of rotatable bonds is 5. The van der Waals surface area contributed by atoms with Gasteiger partial charge in [-0.2, -0.15) is 0 Å². The number of fused-ring (bicyclic) bond motifs is 1. The lowest BCUT2D eigenvalue weighted by atomic mass is 10.1. The molecule has 0 saturated heterocycles. The molecule has 0 aliphatic carbocycles. The van der Waals surface area contributed by atoms with Gasteiger partial charge in [0.05, 0.1) is 17.7 Å². The highest BCUT2D eigenvalue weighted by Crippen LogP contribution is 2.35. The fraction of sp³-hybridized carbons (Fsp3) is 0.150. The molecule has 4 rings (SSSR count). The zero-order valence-electron chi connectivity index (χ0n) is 16.1. The van der Waals surface area contributed by atoms with Crippen LogP contribution in [0.3, 0.4) is 0 Å². The van der Waals surface area contributed by atoms with Crippen LogP contribution in [0, 0.1) is 19.7 Å².